The standard InChI is InChI=1S/C24H23N3O3S/c1-15(2)17-5-4-6-18(11-17)26-22(28)13-27-14-25-20-12-21(31-23(20)24(27)29)16-7-9-19(30-3)10-8-16/h4-12,14-15H,13H2,1-3H3,(H,26,28). The highest BCUT2D eigenvalue weighted by Gasteiger charge is 2.13. The van der Waals surface area contributed by atoms with Gasteiger partial charge in [0, 0.05) is 10.6 Å². The number of carbonyl (C=O) groups is 1. The molecule has 0 spiro atoms. The summed E-state index contributed by atoms with van der Waals surface area (Å²) in [7, 11) is 1.62. The molecule has 0 fully saturated rings. The second-order valence-corrected chi connectivity index (χ2v) is 8.61. The van der Waals surface area contributed by atoms with Crippen LogP contribution in [0, 0.1) is 0 Å². The number of anilines is 1. The molecule has 0 unspecified atom stereocenters. The number of ether oxygens (including phenoxy) is 1. The second-order valence-electron chi connectivity index (χ2n) is 7.56. The average Bonchev–Trinajstić information content (AvgIpc) is 3.21. The zero-order valence-electron chi connectivity index (χ0n) is 17.6. The van der Waals surface area contributed by atoms with Crippen LogP contribution in [0.5, 0.6) is 5.75 Å². The highest BCUT2D eigenvalue weighted by molar-refractivity contribution is 7.22. The molecule has 0 radical (unpaired) electrons. The molecule has 31 heavy (non-hydrogen) atoms. The van der Waals surface area contributed by atoms with Crippen molar-refractivity contribution in [3.8, 4) is 16.2 Å². The minimum absolute atomic E-state index is 0.0938. The van der Waals surface area contributed by atoms with Crippen molar-refractivity contribution in [1.29, 1.82) is 0 Å². The molecule has 0 bridgehead atoms. The van der Waals surface area contributed by atoms with E-state index in [1.54, 1.807) is 7.11 Å². The minimum atomic E-state index is -0.268. The first-order valence-electron chi connectivity index (χ1n) is 9.98. The van der Waals surface area contributed by atoms with Crippen molar-refractivity contribution < 1.29 is 9.53 Å². The number of hydrogen-bond acceptors (Lipinski definition) is 5. The molecule has 4 rings (SSSR count). The summed E-state index contributed by atoms with van der Waals surface area (Å²) in [5, 5.41) is 2.87. The van der Waals surface area contributed by atoms with Gasteiger partial charge in [0.1, 0.15) is 17.0 Å². The summed E-state index contributed by atoms with van der Waals surface area (Å²) in [6.45, 7) is 4.11. The van der Waals surface area contributed by atoms with Crippen LogP contribution < -0.4 is 15.6 Å². The number of amides is 1. The van der Waals surface area contributed by atoms with E-state index in [4.69, 9.17) is 4.74 Å². The molecular formula is C24H23N3O3S. The van der Waals surface area contributed by atoms with E-state index in [0.717, 1.165) is 27.4 Å². The van der Waals surface area contributed by atoms with Gasteiger partial charge in [0.25, 0.3) is 5.56 Å². The van der Waals surface area contributed by atoms with Crippen LogP contribution >= 0.6 is 11.3 Å². The number of fused-ring (bicyclic) bond motifs is 1. The summed E-state index contributed by atoms with van der Waals surface area (Å²) >= 11 is 1.37. The van der Waals surface area contributed by atoms with Gasteiger partial charge in [-0.3, -0.25) is 14.2 Å². The summed E-state index contributed by atoms with van der Waals surface area (Å²) < 4.78 is 7.07. The van der Waals surface area contributed by atoms with E-state index < -0.39 is 0 Å². The summed E-state index contributed by atoms with van der Waals surface area (Å²) in [5.74, 6) is 0.871. The molecule has 0 aliphatic heterocycles. The third-order valence-electron chi connectivity index (χ3n) is 5.03. The largest absolute Gasteiger partial charge is 0.497 e. The zero-order chi connectivity index (χ0) is 22.0. The van der Waals surface area contributed by atoms with E-state index in [-0.39, 0.29) is 18.0 Å². The van der Waals surface area contributed by atoms with Crippen molar-refractivity contribution >= 4 is 33.1 Å². The highest BCUT2D eigenvalue weighted by atomic mass is 32.1. The van der Waals surface area contributed by atoms with Gasteiger partial charge in [-0.2, -0.15) is 0 Å². The Labute approximate surface area is 184 Å². The predicted molar refractivity (Wildman–Crippen MR) is 125 cm³/mol. The van der Waals surface area contributed by atoms with E-state index in [1.807, 2.05) is 54.6 Å². The zero-order valence-corrected chi connectivity index (χ0v) is 18.4. The summed E-state index contributed by atoms with van der Waals surface area (Å²) in [6, 6.07) is 17.3. The van der Waals surface area contributed by atoms with Gasteiger partial charge in [0.2, 0.25) is 5.91 Å². The first-order chi connectivity index (χ1) is 14.9. The number of nitrogens with one attached hydrogen (secondary N) is 1. The average molecular weight is 434 g/mol. The monoisotopic (exact) mass is 433 g/mol. The SMILES string of the molecule is COc1ccc(-c2cc3ncn(CC(=O)Nc4cccc(C(C)C)c4)c(=O)c3s2)cc1. The third-order valence-corrected chi connectivity index (χ3v) is 6.19. The number of thiophene rings is 1. The number of nitrogens with zero attached hydrogens (tertiary/aromatic N) is 2. The van der Waals surface area contributed by atoms with Crippen LogP contribution in [0.25, 0.3) is 20.7 Å². The van der Waals surface area contributed by atoms with Gasteiger partial charge >= 0.3 is 0 Å². The lowest BCUT2D eigenvalue weighted by molar-refractivity contribution is -0.116. The number of carbonyl (C=O) groups excluding carboxylic acids is 1. The van der Waals surface area contributed by atoms with Crippen molar-refractivity contribution in [2.24, 2.45) is 0 Å². The Morgan fingerprint density at radius 1 is 1.16 bits per heavy atom. The molecule has 2 aromatic carbocycles. The lowest BCUT2D eigenvalue weighted by Crippen LogP contribution is -2.27. The maximum atomic E-state index is 12.9. The van der Waals surface area contributed by atoms with Crippen LogP contribution in [-0.2, 0) is 11.3 Å². The third kappa shape index (κ3) is 4.51. The Kier molecular flexibility index (Phi) is 5.86. The van der Waals surface area contributed by atoms with Gasteiger partial charge in [-0.15, -0.1) is 11.3 Å². The molecule has 158 valence electrons. The molecule has 1 amide bonds. The van der Waals surface area contributed by atoms with E-state index >= 15 is 0 Å². The summed E-state index contributed by atoms with van der Waals surface area (Å²) in [4.78, 5) is 30.8. The van der Waals surface area contributed by atoms with Gasteiger partial charge in [0.05, 0.1) is 19.0 Å². The smallest absolute Gasteiger partial charge is 0.271 e. The number of aromatic nitrogens is 2. The molecule has 0 aliphatic carbocycles. The Morgan fingerprint density at radius 3 is 2.65 bits per heavy atom. The molecule has 6 nitrogen and oxygen atoms in total. The van der Waals surface area contributed by atoms with Gasteiger partial charge in [-0.1, -0.05) is 26.0 Å². The fourth-order valence-electron chi connectivity index (χ4n) is 3.29. The van der Waals surface area contributed by atoms with Crippen molar-refractivity contribution in [2.75, 3.05) is 12.4 Å². The van der Waals surface area contributed by atoms with Crippen LogP contribution in [0.4, 0.5) is 5.69 Å². The van der Waals surface area contributed by atoms with Crippen LogP contribution in [0.2, 0.25) is 0 Å². The first kappa shape index (κ1) is 20.8. The normalized spacial score (nSPS) is 11.1. The van der Waals surface area contributed by atoms with E-state index in [9.17, 15) is 9.59 Å². The van der Waals surface area contributed by atoms with Crippen LogP contribution in [0.3, 0.4) is 0 Å². The molecule has 0 saturated heterocycles. The molecule has 1 N–H and O–H groups in total. The lowest BCUT2D eigenvalue weighted by atomic mass is 10.0. The molecule has 0 atom stereocenters. The minimum Gasteiger partial charge on any atom is -0.497 e. The summed E-state index contributed by atoms with van der Waals surface area (Å²) in [5.41, 5.74) is 3.25. The predicted octanol–water partition coefficient (Wildman–Crippen LogP) is 4.90. The van der Waals surface area contributed by atoms with Crippen molar-refractivity contribution in [2.45, 2.75) is 26.3 Å². The number of rotatable bonds is 6. The Bertz CT molecular complexity index is 1290. The highest BCUT2D eigenvalue weighted by Crippen LogP contribution is 2.31. The van der Waals surface area contributed by atoms with Crippen LogP contribution in [0.15, 0.2) is 65.7 Å². The fraction of sp³-hybridized carbons (Fsp3) is 0.208. The number of benzene rings is 2. The van der Waals surface area contributed by atoms with Gasteiger partial charge in [0.15, 0.2) is 0 Å². The second kappa shape index (κ2) is 8.73. The van der Waals surface area contributed by atoms with Gasteiger partial charge in [-0.25, -0.2) is 4.98 Å². The van der Waals surface area contributed by atoms with Gasteiger partial charge < -0.3 is 10.1 Å². The first-order valence-corrected chi connectivity index (χ1v) is 10.8. The number of methoxy groups -OCH3 is 1. The molecule has 7 heteroatoms. The molecule has 0 saturated carbocycles. The van der Waals surface area contributed by atoms with Gasteiger partial charge in [-0.05, 0) is 59.5 Å². The molecule has 2 aromatic heterocycles. The van der Waals surface area contributed by atoms with E-state index in [2.05, 4.69) is 24.1 Å². The molecule has 2 heterocycles. The molecule has 4 aromatic rings. The number of hydrogen-bond donors (Lipinski definition) is 1. The maximum Gasteiger partial charge on any atom is 0.271 e. The molecule has 0 aliphatic rings. The Balaban J connectivity index is 1.55. The molecular weight excluding hydrogens is 410 g/mol. The van der Waals surface area contributed by atoms with E-state index in [0.29, 0.717) is 16.1 Å². The van der Waals surface area contributed by atoms with Crippen molar-refractivity contribution in [1.82, 2.24) is 9.55 Å². The maximum absolute atomic E-state index is 12.9. The topological polar surface area (TPSA) is 73.2 Å². The van der Waals surface area contributed by atoms with E-state index in [1.165, 1.54) is 22.2 Å². The van der Waals surface area contributed by atoms with Crippen LogP contribution in [-0.4, -0.2) is 22.6 Å². The Hall–Kier alpha value is -3.45. The van der Waals surface area contributed by atoms with Crippen molar-refractivity contribution in [3.05, 3.63) is 76.8 Å². The quantitative estimate of drug-likeness (QED) is 0.470. The summed E-state index contributed by atoms with van der Waals surface area (Å²) in [6.07, 6.45) is 1.43. The van der Waals surface area contributed by atoms with Crippen molar-refractivity contribution in [3.63, 3.8) is 0 Å². The Morgan fingerprint density at radius 2 is 1.94 bits per heavy atom. The van der Waals surface area contributed by atoms with Crippen LogP contribution in [0.1, 0.15) is 25.3 Å². The lowest BCUT2D eigenvalue weighted by Gasteiger charge is -2.10. The fourth-order valence-corrected chi connectivity index (χ4v) is 4.35.